The first-order valence-electron chi connectivity index (χ1n) is 8.08. The van der Waals surface area contributed by atoms with Crippen LogP contribution in [0.3, 0.4) is 0 Å². The van der Waals surface area contributed by atoms with Crippen LogP contribution in [0, 0.1) is 0 Å². The van der Waals surface area contributed by atoms with E-state index in [1.54, 1.807) is 0 Å². The lowest BCUT2D eigenvalue weighted by Crippen LogP contribution is -2.34. The fraction of sp³-hybridized carbons (Fsp3) is 0.389. The number of halogens is 1. The van der Waals surface area contributed by atoms with Crippen LogP contribution < -0.4 is 0 Å². The van der Waals surface area contributed by atoms with Crippen molar-refractivity contribution in [2.75, 3.05) is 13.1 Å². The SMILES string of the molecule is Cn1nccc1[C@@H]1CCCN(Cc2sc3ccccc3c2Cl)C1. The predicted octanol–water partition coefficient (Wildman–Crippen LogP) is 4.67. The van der Waals surface area contributed by atoms with Crippen molar-refractivity contribution in [2.45, 2.75) is 25.3 Å². The van der Waals surface area contributed by atoms with Crippen molar-refractivity contribution in [3.8, 4) is 0 Å². The molecule has 0 saturated carbocycles. The van der Waals surface area contributed by atoms with Crippen molar-refractivity contribution >= 4 is 33.0 Å². The largest absolute Gasteiger partial charge is 0.298 e. The minimum atomic E-state index is 0.574. The number of benzene rings is 1. The summed E-state index contributed by atoms with van der Waals surface area (Å²) >= 11 is 8.44. The Morgan fingerprint density at radius 3 is 2.96 bits per heavy atom. The Morgan fingerprint density at radius 1 is 1.30 bits per heavy atom. The predicted molar refractivity (Wildman–Crippen MR) is 97.3 cm³/mol. The smallest absolute Gasteiger partial charge is 0.0637 e. The fourth-order valence-corrected chi connectivity index (χ4v) is 5.13. The molecule has 0 unspecified atom stereocenters. The van der Waals surface area contributed by atoms with Crippen molar-refractivity contribution in [1.29, 1.82) is 0 Å². The minimum absolute atomic E-state index is 0.574. The van der Waals surface area contributed by atoms with E-state index < -0.39 is 0 Å². The van der Waals surface area contributed by atoms with Crippen molar-refractivity contribution in [3.05, 3.63) is 52.1 Å². The van der Waals surface area contributed by atoms with Gasteiger partial charge in [-0.15, -0.1) is 11.3 Å². The van der Waals surface area contributed by atoms with Gasteiger partial charge in [0.15, 0.2) is 0 Å². The van der Waals surface area contributed by atoms with Crippen molar-refractivity contribution < 1.29 is 0 Å². The minimum Gasteiger partial charge on any atom is -0.298 e. The van der Waals surface area contributed by atoms with E-state index in [-0.39, 0.29) is 0 Å². The van der Waals surface area contributed by atoms with Crippen LogP contribution >= 0.6 is 22.9 Å². The second-order valence-electron chi connectivity index (χ2n) is 6.29. The molecule has 1 fully saturated rings. The van der Waals surface area contributed by atoms with Crippen LogP contribution in [0.1, 0.15) is 29.3 Å². The number of hydrogen-bond acceptors (Lipinski definition) is 3. The van der Waals surface area contributed by atoms with Crippen molar-refractivity contribution in [3.63, 3.8) is 0 Å². The standard InChI is InChI=1S/C18H20ClN3S/c1-21-15(8-9-20-21)13-5-4-10-22(11-13)12-17-18(19)14-6-2-3-7-16(14)23-17/h2-3,6-9,13H,4-5,10-12H2,1H3/t13-/m1/s1. The van der Waals surface area contributed by atoms with Gasteiger partial charge in [-0.25, -0.2) is 0 Å². The number of aryl methyl sites for hydroxylation is 1. The Hall–Kier alpha value is -1.36. The van der Waals surface area contributed by atoms with Gasteiger partial charge >= 0.3 is 0 Å². The summed E-state index contributed by atoms with van der Waals surface area (Å²) in [5, 5.41) is 6.45. The monoisotopic (exact) mass is 345 g/mol. The second-order valence-corrected chi connectivity index (χ2v) is 7.80. The van der Waals surface area contributed by atoms with E-state index in [1.807, 2.05) is 29.3 Å². The zero-order chi connectivity index (χ0) is 15.8. The first kappa shape index (κ1) is 15.2. The van der Waals surface area contributed by atoms with Gasteiger partial charge in [-0.3, -0.25) is 9.58 Å². The van der Waals surface area contributed by atoms with Crippen molar-refractivity contribution in [1.82, 2.24) is 14.7 Å². The van der Waals surface area contributed by atoms with Crippen LogP contribution in [0.2, 0.25) is 5.02 Å². The molecule has 0 aliphatic carbocycles. The normalized spacial score (nSPS) is 19.5. The third-order valence-corrected chi connectivity index (χ3v) is 6.45. The molecule has 1 saturated heterocycles. The third-order valence-electron chi connectivity index (χ3n) is 4.75. The van der Waals surface area contributed by atoms with Gasteiger partial charge in [-0.1, -0.05) is 29.8 Å². The molecule has 3 heterocycles. The molecule has 1 atom stereocenters. The number of piperidine rings is 1. The summed E-state index contributed by atoms with van der Waals surface area (Å²) in [6, 6.07) is 10.6. The maximum absolute atomic E-state index is 6.61. The molecular formula is C18H20ClN3S. The van der Waals surface area contributed by atoms with Gasteiger partial charge < -0.3 is 0 Å². The van der Waals surface area contributed by atoms with Crippen LogP contribution in [0.25, 0.3) is 10.1 Å². The summed E-state index contributed by atoms with van der Waals surface area (Å²) in [7, 11) is 2.04. The van der Waals surface area contributed by atoms with Gasteiger partial charge in [0.2, 0.25) is 0 Å². The average Bonchev–Trinajstić information content (AvgIpc) is 3.12. The summed E-state index contributed by atoms with van der Waals surface area (Å²) in [5.41, 5.74) is 1.34. The Labute approximate surface area is 145 Å². The molecule has 1 aliphatic heterocycles. The van der Waals surface area contributed by atoms with Crippen LogP contribution in [0.5, 0.6) is 0 Å². The molecule has 0 radical (unpaired) electrons. The highest BCUT2D eigenvalue weighted by Crippen LogP contribution is 2.37. The second kappa shape index (κ2) is 6.27. The molecule has 0 bridgehead atoms. The Bertz CT molecular complexity index is 823. The van der Waals surface area contributed by atoms with E-state index in [1.165, 1.54) is 33.5 Å². The van der Waals surface area contributed by atoms with Gasteiger partial charge in [0.25, 0.3) is 0 Å². The summed E-state index contributed by atoms with van der Waals surface area (Å²) in [6.45, 7) is 3.19. The van der Waals surface area contributed by atoms with Crippen LogP contribution in [-0.4, -0.2) is 27.8 Å². The molecule has 3 aromatic rings. The summed E-state index contributed by atoms with van der Waals surface area (Å²) < 4.78 is 3.30. The average molecular weight is 346 g/mol. The van der Waals surface area contributed by atoms with Gasteiger partial charge in [0.05, 0.1) is 5.02 Å². The molecule has 3 nitrogen and oxygen atoms in total. The highest BCUT2D eigenvalue weighted by atomic mass is 35.5. The molecule has 5 heteroatoms. The quantitative estimate of drug-likeness (QED) is 0.688. The van der Waals surface area contributed by atoms with Gasteiger partial charge in [0, 0.05) is 52.9 Å². The highest BCUT2D eigenvalue weighted by Gasteiger charge is 2.24. The van der Waals surface area contributed by atoms with E-state index in [0.717, 1.165) is 24.7 Å². The first-order chi connectivity index (χ1) is 11.2. The topological polar surface area (TPSA) is 21.1 Å². The number of rotatable bonds is 3. The van der Waals surface area contributed by atoms with Gasteiger partial charge in [-0.2, -0.15) is 5.10 Å². The lowest BCUT2D eigenvalue weighted by molar-refractivity contribution is 0.198. The van der Waals surface area contributed by atoms with Crippen molar-refractivity contribution in [2.24, 2.45) is 7.05 Å². The number of likely N-dealkylation sites (tertiary alicyclic amines) is 1. The van der Waals surface area contributed by atoms with E-state index in [2.05, 4.69) is 40.3 Å². The summed E-state index contributed by atoms with van der Waals surface area (Å²) in [6.07, 6.45) is 4.38. The molecule has 0 amide bonds. The van der Waals surface area contributed by atoms with Crippen LogP contribution in [0.4, 0.5) is 0 Å². The number of nitrogens with zero attached hydrogens (tertiary/aromatic N) is 3. The van der Waals surface area contributed by atoms with Crippen LogP contribution in [0.15, 0.2) is 36.5 Å². The maximum atomic E-state index is 6.61. The third kappa shape index (κ3) is 2.91. The molecule has 0 spiro atoms. The lowest BCUT2D eigenvalue weighted by Gasteiger charge is -2.32. The number of fused-ring (bicyclic) bond motifs is 1. The Balaban J connectivity index is 1.54. The molecule has 0 N–H and O–H groups in total. The molecule has 2 aromatic heterocycles. The van der Waals surface area contributed by atoms with Gasteiger partial charge in [-0.05, 0) is 31.5 Å². The fourth-order valence-electron chi connectivity index (χ4n) is 3.59. The molecule has 120 valence electrons. The summed E-state index contributed by atoms with van der Waals surface area (Å²) in [5.74, 6) is 0.574. The zero-order valence-corrected chi connectivity index (χ0v) is 14.8. The zero-order valence-electron chi connectivity index (χ0n) is 13.2. The van der Waals surface area contributed by atoms with Crippen LogP contribution in [-0.2, 0) is 13.6 Å². The Morgan fingerprint density at radius 2 is 2.17 bits per heavy atom. The number of aromatic nitrogens is 2. The van der Waals surface area contributed by atoms with E-state index in [0.29, 0.717) is 5.92 Å². The van der Waals surface area contributed by atoms with Gasteiger partial charge in [0.1, 0.15) is 0 Å². The molecule has 4 rings (SSSR count). The lowest BCUT2D eigenvalue weighted by atomic mass is 9.94. The maximum Gasteiger partial charge on any atom is 0.0637 e. The Kier molecular flexibility index (Phi) is 4.14. The first-order valence-corrected chi connectivity index (χ1v) is 9.28. The van der Waals surface area contributed by atoms with E-state index in [4.69, 9.17) is 11.6 Å². The van der Waals surface area contributed by atoms with E-state index in [9.17, 15) is 0 Å². The molecule has 1 aromatic carbocycles. The molecular weight excluding hydrogens is 326 g/mol. The van der Waals surface area contributed by atoms with E-state index >= 15 is 0 Å². The molecule has 23 heavy (non-hydrogen) atoms. The summed E-state index contributed by atoms with van der Waals surface area (Å²) in [4.78, 5) is 3.83. The number of hydrogen-bond donors (Lipinski definition) is 0. The highest BCUT2D eigenvalue weighted by molar-refractivity contribution is 7.19. The number of thiophene rings is 1. The molecule has 1 aliphatic rings.